The summed E-state index contributed by atoms with van der Waals surface area (Å²) in [7, 11) is -2.24. The number of fused-ring (bicyclic) bond motifs is 1. The second-order valence-electron chi connectivity index (χ2n) is 8.40. The number of benzene rings is 1. The lowest BCUT2D eigenvalue weighted by Gasteiger charge is -2.28. The molecule has 4 N–H and O–H groups in total. The topological polar surface area (TPSA) is 145 Å². The standard InChI is InChI=1S/C23H27N7O4S2/c1-14(2)26-21(31)17-6-4-5-7-18(17)27-22(32)29-23-28-19-8-9-30(13-20(19)35-23)15-10-16(12-25-11-15)36(33,34)24-3/h4-7,10-12,14,24H,8-9,13H2,1-3H3,(H,26,31)(H2,27,28,29,32). The van der Waals surface area contributed by atoms with Gasteiger partial charge in [-0.2, -0.15) is 0 Å². The lowest BCUT2D eigenvalue weighted by Crippen LogP contribution is -2.31. The van der Waals surface area contributed by atoms with Crippen LogP contribution in [0, 0.1) is 0 Å². The highest BCUT2D eigenvalue weighted by Crippen LogP contribution is 2.31. The van der Waals surface area contributed by atoms with Crippen LogP contribution in [0.15, 0.2) is 47.6 Å². The summed E-state index contributed by atoms with van der Waals surface area (Å²) in [6, 6.07) is 7.84. The molecule has 0 saturated carbocycles. The summed E-state index contributed by atoms with van der Waals surface area (Å²) in [5, 5.41) is 8.74. The molecule has 3 heterocycles. The zero-order valence-corrected chi connectivity index (χ0v) is 21.7. The number of thiazole rings is 1. The van der Waals surface area contributed by atoms with E-state index in [1.807, 2.05) is 18.7 Å². The average molecular weight is 530 g/mol. The third-order valence-corrected chi connectivity index (χ3v) is 7.81. The van der Waals surface area contributed by atoms with Crippen molar-refractivity contribution in [3.63, 3.8) is 0 Å². The number of hydrogen-bond donors (Lipinski definition) is 4. The molecule has 190 valence electrons. The number of urea groups is 1. The maximum Gasteiger partial charge on any atom is 0.325 e. The lowest BCUT2D eigenvalue weighted by atomic mass is 10.1. The Balaban J connectivity index is 1.44. The summed E-state index contributed by atoms with van der Waals surface area (Å²) < 4.78 is 26.6. The van der Waals surface area contributed by atoms with Crippen LogP contribution in [0.5, 0.6) is 0 Å². The Morgan fingerprint density at radius 1 is 1.14 bits per heavy atom. The number of carbonyl (C=O) groups excluding carboxylic acids is 2. The fraction of sp³-hybridized carbons (Fsp3) is 0.304. The fourth-order valence-electron chi connectivity index (χ4n) is 3.70. The third kappa shape index (κ3) is 5.80. The molecular formula is C23H27N7O4S2. The molecule has 0 atom stereocenters. The smallest absolute Gasteiger partial charge is 0.325 e. The molecule has 1 aliphatic rings. The molecule has 1 aromatic carbocycles. The van der Waals surface area contributed by atoms with Gasteiger partial charge >= 0.3 is 6.03 Å². The molecular weight excluding hydrogens is 502 g/mol. The number of anilines is 3. The molecule has 0 radical (unpaired) electrons. The quantitative estimate of drug-likeness (QED) is 0.368. The molecule has 0 fully saturated rings. The van der Waals surface area contributed by atoms with Crippen molar-refractivity contribution < 1.29 is 18.0 Å². The van der Waals surface area contributed by atoms with Crippen LogP contribution in [-0.4, -0.2) is 50.0 Å². The van der Waals surface area contributed by atoms with Gasteiger partial charge in [0, 0.05) is 30.1 Å². The van der Waals surface area contributed by atoms with E-state index >= 15 is 0 Å². The molecule has 0 spiro atoms. The van der Waals surface area contributed by atoms with Crippen LogP contribution in [0.2, 0.25) is 0 Å². The van der Waals surface area contributed by atoms with Crippen LogP contribution in [0.3, 0.4) is 0 Å². The van der Waals surface area contributed by atoms with Crippen LogP contribution in [0.25, 0.3) is 0 Å². The van der Waals surface area contributed by atoms with Crippen molar-refractivity contribution in [2.45, 2.75) is 37.8 Å². The van der Waals surface area contributed by atoms with Gasteiger partial charge in [-0.1, -0.05) is 23.5 Å². The van der Waals surface area contributed by atoms with Crippen molar-refractivity contribution in [1.82, 2.24) is 20.0 Å². The van der Waals surface area contributed by atoms with E-state index in [2.05, 4.69) is 30.6 Å². The Kier molecular flexibility index (Phi) is 7.52. The minimum Gasteiger partial charge on any atom is -0.365 e. The van der Waals surface area contributed by atoms with E-state index in [0.717, 1.165) is 10.6 Å². The van der Waals surface area contributed by atoms with Crippen LogP contribution in [0.4, 0.5) is 21.3 Å². The minimum absolute atomic E-state index is 0.0356. The van der Waals surface area contributed by atoms with E-state index in [1.54, 1.807) is 36.5 Å². The highest BCUT2D eigenvalue weighted by Gasteiger charge is 2.23. The van der Waals surface area contributed by atoms with E-state index < -0.39 is 16.1 Å². The monoisotopic (exact) mass is 529 g/mol. The highest BCUT2D eigenvalue weighted by atomic mass is 32.2. The van der Waals surface area contributed by atoms with Gasteiger partial charge in [0.15, 0.2) is 5.13 Å². The number of nitrogens with one attached hydrogen (secondary N) is 4. The average Bonchev–Trinajstić information content (AvgIpc) is 3.25. The molecule has 36 heavy (non-hydrogen) atoms. The predicted molar refractivity (Wildman–Crippen MR) is 139 cm³/mol. The highest BCUT2D eigenvalue weighted by molar-refractivity contribution is 7.89. The molecule has 0 saturated heterocycles. The van der Waals surface area contributed by atoms with E-state index in [1.165, 1.54) is 24.6 Å². The first kappa shape index (κ1) is 25.5. The maximum absolute atomic E-state index is 12.7. The number of sulfonamides is 1. The van der Waals surface area contributed by atoms with Gasteiger partial charge in [0.05, 0.1) is 35.4 Å². The van der Waals surface area contributed by atoms with Gasteiger partial charge in [0.2, 0.25) is 10.0 Å². The third-order valence-electron chi connectivity index (χ3n) is 5.43. The van der Waals surface area contributed by atoms with Crippen molar-refractivity contribution in [2.24, 2.45) is 0 Å². The molecule has 0 unspecified atom stereocenters. The fourth-order valence-corrected chi connectivity index (χ4v) is 5.43. The zero-order chi connectivity index (χ0) is 25.9. The number of rotatable bonds is 7. The Labute approximate surface area is 213 Å². The SMILES string of the molecule is CNS(=O)(=O)c1cncc(N2CCc3nc(NC(=O)Nc4ccccc4C(=O)NC(C)C)sc3C2)c1. The first-order valence-corrected chi connectivity index (χ1v) is 13.6. The number of hydrogen-bond acceptors (Lipinski definition) is 8. The van der Waals surface area contributed by atoms with Crippen LogP contribution < -0.4 is 25.6 Å². The maximum atomic E-state index is 12.7. The van der Waals surface area contributed by atoms with E-state index in [9.17, 15) is 18.0 Å². The summed E-state index contributed by atoms with van der Waals surface area (Å²) in [5.74, 6) is -0.271. The molecule has 3 aromatic rings. The summed E-state index contributed by atoms with van der Waals surface area (Å²) in [6.45, 7) is 4.87. The number of pyridine rings is 1. The molecule has 1 aliphatic heterocycles. The Morgan fingerprint density at radius 3 is 2.67 bits per heavy atom. The van der Waals surface area contributed by atoms with Crippen LogP contribution in [0.1, 0.15) is 34.8 Å². The van der Waals surface area contributed by atoms with E-state index in [4.69, 9.17) is 0 Å². The summed E-state index contributed by atoms with van der Waals surface area (Å²) >= 11 is 1.35. The largest absolute Gasteiger partial charge is 0.365 e. The van der Waals surface area contributed by atoms with Crippen molar-refractivity contribution in [1.29, 1.82) is 0 Å². The zero-order valence-electron chi connectivity index (χ0n) is 20.0. The first-order chi connectivity index (χ1) is 17.2. The predicted octanol–water partition coefficient (Wildman–Crippen LogP) is 2.79. The van der Waals surface area contributed by atoms with Crippen LogP contribution in [-0.2, 0) is 23.0 Å². The molecule has 0 aliphatic carbocycles. The van der Waals surface area contributed by atoms with Crippen molar-refractivity contribution in [2.75, 3.05) is 29.1 Å². The number of carbonyl (C=O) groups is 2. The summed E-state index contributed by atoms with van der Waals surface area (Å²) in [6.07, 6.45) is 3.57. The van der Waals surface area contributed by atoms with Crippen LogP contribution >= 0.6 is 11.3 Å². The normalized spacial score (nSPS) is 13.3. The summed E-state index contributed by atoms with van der Waals surface area (Å²) in [4.78, 5) is 36.8. The van der Waals surface area contributed by atoms with Gasteiger partial charge < -0.3 is 15.5 Å². The molecule has 4 rings (SSSR count). The second-order valence-corrected chi connectivity index (χ2v) is 11.4. The number of amides is 3. The molecule has 13 heteroatoms. The number of para-hydroxylation sites is 1. The lowest BCUT2D eigenvalue weighted by molar-refractivity contribution is 0.0944. The van der Waals surface area contributed by atoms with E-state index in [-0.39, 0.29) is 16.8 Å². The molecule has 11 nitrogen and oxygen atoms in total. The molecule has 2 aromatic heterocycles. The van der Waals surface area contributed by atoms with Gasteiger partial charge in [0.25, 0.3) is 5.91 Å². The van der Waals surface area contributed by atoms with Gasteiger partial charge in [-0.25, -0.2) is 22.9 Å². The Morgan fingerprint density at radius 2 is 1.92 bits per heavy atom. The van der Waals surface area contributed by atoms with Crippen molar-refractivity contribution in [3.8, 4) is 0 Å². The molecule has 3 amide bonds. The minimum atomic E-state index is -3.60. The summed E-state index contributed by atoms with van der Waals surface area (Å²) in [5.41, 5.74) is 2.33. The number of nitrogens with zero attached hydrogens (tertiary/aromatic N) is 3. The first-order valence-electron chi connectivity index (χ1n) is 11.3. The second kappa shape index (κ2) is 10.6. The Hall–Kier alpha value is -3.55. The van der Waals surface area contributed by atoms with E-state index in [0.29, 0.717) is 41.6 Å². The number of aromatic nitrogens is 2. The van der Waals surface area contributed by atoms with Gasteiger partial charge in [-0.3, -0.25) is 15.1 Å². The van der Waals surface area contributed by atoms with Crippen molar-refractivity contribution in [3.05, 3.63) is 58.9 Å². The van der Waals surface area contributed by atoms with Crippen molar-refractivity contribution >= 4 is 49.8 Å². The van der Waals surface area contributed by atoms with Gasteiger partial charge in [-0.05, 0) is 39.1 Å². The van der Waals surface area contributed by atoms with Gasteiger partial charge in [0.1, 0.15) is 4.90 Å². The van der Waals surface area contributed by atoms with Gasteiger partial charge in [-0.15, -0.1) is 0 Å². The Bertz CT molecular complexity index is 1390. The molecule has 0 bridgehead atoms.